The minimum Gasteiger partial charge on any atom is -0.328 e. The number of hydroxylamine groups is 1. The first-order valence-corrected chi connectivity index (χ1v) is 14.8. The molecule has 9 nitrogen and oxygen atoms in total. The molecule has 11 heteroatoms. The van der Waals surface area contributed by atoms with Crippen molar-refractivity contribution in [3.05, 3.63) is 82.3 Å². The van der Waals surface area contributed by atoms with Crippen molar-refractivity contribution in [2.75, 3.05) is 7.05 Å². The molecule has 2 aromatic rings. The van der Waals surface area contributed by atoms with Crippen LogP contribution < -0.4 is 16.1 Å². The fourth-order valence-electron chi connectivity index (χ4n) is 6.26. The molecule has 2 aromatic carbocycles. The van der Waals surface area contributed by atoms with Crippen LogP contribution in [0, 0.1) is 17.2 Å². The first-order valence-electron chi connectivity index (χ1n) is 14.4. The van der Waals surface area contributed by atoms with Crippen molar-refractivity contribution in [2.45, 2.75) is 71.1 Å². The van der Waals surface area contributed by atoms with Gasteiger partial charge in [-0.3, -0.25) is 24.6 Å². The van der Waals surface area contributed by atoms with E-state index in [-0.39, 0.29) is 28.1 Å². The van der Waals surface area contributed by atoms with Gasteiger partial charge in [-0.15, -0.1) is 0 Å². The molecule has 1 spiro atoms. The van der Waals surface area contributed by atoms with Crippen LogP contribution in [0.3, 0.4) is 0 Å². The number of nitrogens with zero attached hydrogens (tertiary/aromatic N) is 2. The maximum atomic E-state index is 14.1. The van der Waals surface area contributed by atoms with Gasteiger partial charge >= 0.3 is 0 Å². The Bertz CT molecular complexity index is 1430. The second-order valence-electron chi connectivity index (χ2n) is 11.9. The number of carbonyl (C=O) groups excluding carboxylic acids is 3. The highest BCUT2D eigenvalue weighted by Gasteiger charge is 2.52. The summed E-state index contributed by atoms with van der Waals surface area (Å²) in [6.45, 7) is 8.70. The lowest BCUT2D eigenvalue weighted by molar-refractivity contribution is -0.133. The smallest absolute Gasteiger partial charge is 0.275 e. The van der Waals surface area contributed by atoms with E-state index in [1.165, 1.54) is 23.7 Å². The summed E-state index contributed by atoms with van der Waals surface area (Å²) in [7, 11) is 1.97. The molecule has 4 N–H and O–H groups in total. The van der Waals surface area contributed by atoms with Crippen LogP contribution in [0.5, 0.6) is 0 Å². The minimum atomic E-state index is -0.771. The number of amides is 3. The summed E-state index contributed by atoms with van der Waals surface area (Å²) < 4.78 is 14.0. The van der Waals surface area contributed by atoms with Gasteiger partial charge in [-0.2, -0.15) is 0 Å². The summed E-state index contributed by atoms with van der Waals surface area (Å²) >= 11 is 6.09. The zero-order valence-electron chi connectivity index (χ0n) is 25.1. The SMILES string of the molecule is CNC(C)C(C)(C)C1CCC2(CC1)N=C(c1ccc(F)c(Cl)c1)C(=O)N2C(C)c1ccc(C(=O)N/C=C/C(=O)NO)cc1. The van der Waals surface area contributed by atoms with Crippen LogP contribution >= 0.6 is 11.6 Å². The first-order chi connectivity index (χ1) is 20.3. The lowest BCUT2D eigenvalue weighted by Gasteiger charge is -2.49. The van der Waals surface area contributed by atoms with E-state index < -0.39 is 23.3 Å². The number of hydrogen-bond donors (Lipinski definition) is 4. The lowest BCUT2D eigenvalue weighted by atomic mass is 9.65. The van der Waals surface area contributed by atoms with Gasteiger partial charge in [-0.25, -0.2) is 9.87 Å². The number of nitrogens with one attached hydrogen (secondary N) is 3. The van der Waals surface area contributed by atoms with E-state index in [1.807, 2.05) is 18.9 Å². The molecule has 1 heterocycles. The third-order valence-electron chi connectivity index (χ3n) is 9.37. The van der Waals surface area contributed by atoms with Crippen molar-refractivity contribution in [3.63, 3.8) is 0 Å². The van der Waals surface area contributed by atoms with Crippen molar-refractivity contribution in [2.24, 2.45) is 16.3 Å². The molecule has 0 aromatic heterocycles. The Balaban J connectivity index is 1.63. The maximum Gasteiger partial charge on any atom is 0.275 e. The van der Waals surface area contributed by atoms with Gasteiger partial charge in [0.05, 0.1) is 11.1 Å². The molecule has 0 radical (unpaired) electrons. The van der Waals surface area contributed by atoms with Crippen LogP contribution in [-0.4, -0.2) is 52.3 Å². The number of rotatable bonds is 9. The predicted molar refractivity (Wildman–Crippen MR) is 163 cm³/mol. The van der Waals surface area contributed by atoms with Gasteiger partial charge in [-0.1, -0.05) is 37.6 Å². The molecule has 1 saturated carbocycles. The Hall–Kier alpha value is -3.60. The largest absolute Gasteiger partial charge is 0.328 e. The second kappa shape index (κ2) is 13.0. The fraction of sp³-hybridized carbons (Fsp3) is 0.438. The van der Waals surface area contributed by atoms with Crippen LogP contribution in [0.4, 0.5) is 4.39 Å². The minimum absolute atomic E-state index is 0.0416. The zero-order valence-corrected chi connectivity index (χ0v) is 25.8. The highest BCUT2D eigenvalue weighted by molar-refractivity contribution is 6.47. The highest BCUT2D eigenvalue weighted by Crippen LogP contribution is 2.50. The summed E-state index contributed by atoms with van der Waals surface area (Å²) in [6, 6.07) is 11.0. The first kappa shape index (κ1) is 32.3. The van der Waals surface area contributed by atoms with Crippen molar-refractivity contribution in [3.8, 4) is 0 Å². The Labute approximate surface area is 256 Å². The van der Waals surface area contributed by atoms with E-state index in [1.54, 1.807) is 24.3 Å². The Morgan fingerprint density at radius 1 is 1.16 bits per heavy atom. The number of benzene rings is 2. The van der Waals surface area contributed by atoms with Gasteiger partial charge in [0, 0.05) is 29.4 Å². The van der Waals surface area contributed by atoms with Gasteiger partial charge in [0.1, 0.15) is 17.2 Å². The standard InChI is InChI=1S/C32H39ClFN5O4/c1-19(21-6-8-22(9-7-21)29(41)36-17-14-27(40)38-43)39-30(42)28(23-10-11-26(34)25(33)18-23)37-32(39)15-12-24(13-16-32)31(3,4)20(2)35-5/h6-11,14,17-20,24,35,43H,12-13,15-16H2,1-5H3,(H,36,41)(H,38,40)/b17-14+. The maximum absolute atomic E-state index is 14.1. The molecular formula is C32H39ClFN5O4. The molecule has 1 aliphatic heterocycles. The third-order valence-corrected chi connectivity index (χ3v) is 9.66. The van der Waals surface area contributed by atoms with Crippen molar-refractivity contribution in [1.29, 1.82) is 0 Å². The number of carbonyl (C=O) groups is 3. The van der Waals surface area contributed by atoms with Gasteiger partial charge in [0.2, 0.25) is 0 Å². The molecule has 2 atom stereocenters. The molecule has 2 unspecified atom stereocenters. The molecule has 3 amide bonds. The third kappa shape index (κ3) is 6.51. The van der Waals surface area contributed by atoms with E-state index in [9.17, 15) is 18.8 Å². The summed E-state index contributed by atoms with van der Waals surface area (Å²) in [4.78, 5) is 44.7. The van der Waals surface area contributed by atoms with Crippen molar-refractivity contribution >= 4 is 35.0 Å². The summed E-state index contributed by atoms with van der Waals surface area (Å²) in [5.74, 6) is -1.58. The van der Waals surface area contributed by atoms with Crippen LogP contribution in [0.2, 0.25) is 5.02 Å². The van der Waals surface area contributed by atoms with Crippen LogP contribution in [0.25, 0.3) is 0 Å². The van der Waals surface area contributed by atoms with E-state index >= 15 is 0 Å². The molecule has 1 aliphatic carbocycles. The Morgan fingerprint density at radius 2 is 1.81 bits per heavy atom. The quantitative estimate of drug-likeness (QED) is 0.178. The summed E-state index contributed by atoms with van der Waals surface area (Å²) in [5, 5.41) is 14.4. The zero-order chi connectivity index (χ0) is 31.5. The van der Waals surface area contributed by atoms with Crippen LogP contribution in [0.1, 0.15) is 80.9 Å². The predicted octanol–water partition coefficient (Wildman–Crippen LogP) is 5.14. The van der Waals surface area contributed by atoms with Gasteiger partial charge in [0.15, 0.2) is 0 Å². The molecule has 2 aliphatic rings. The molecular weight excluding hydrogens is 573 g/mol. The monoisotopic (exact) mass is 611 g/mol. The lowest BCUT2D eigenvalue weighted by Crippen LogP contribution is -2.52. The van der Waals surface area contributed by atoms with Crippen LogP contribution in [-0.2, 0) is 9.59 Å². The number of aliphatic imine (C=N–C) groups is 1. The Kier molecular flexibility index (Phi) is 9.73. The molecule has 43 heavy (non-hydrogen) atoms. The normalized spacial score (nSPS) is 22.0. The average molecular weight is 612 g/mol. The number of halogens is 2. The van der Waals surface area contributed by atoms with E-state index in [0.717, 1.165) is 30.7 Å². The van der Waals surface area contributed by atoms with Gasteiger partial charge in [-0.05, 0) is 93.8 Å². The molecule has 4 rings (SSSR count). The molecule has 0 saturated heterocycles. The fourth-order valence-corrected chi connectivity index (χ4v) is 6.44. The van der Waals surface area contributed by atoms with E-state index in [0.29, 0.717) is 35.9 Å². The number of hydrogen-bond acceptors (Lipinski definition) is 6. The summed E-state index contributed by atoms with van der Waals surface area (Å²) in [5.41, 5.74) is 2.64. The van der Waals surface area contributed by atoms with E-state index in [4.69, 9.17) is 21.8 Å². The topological polar surface area (TPSA) is 123 Å². The van der Waals surface area contributed by atoms with Crippen molar-refractivity contribution < 1.29 is 24.0 Å². The molecule has 1 fully saturated rings. The second-order valence-corrected chi connectivity index (χ2v) is 12.3. The Morgan fingerprint density at radius 3 is 2.40 bits per heavy atom. The van der Waals surface area contributed by atoms with Gasteiger partial charge in [0.25, 0.3) is 17.7 Å². The van der Waals surface area contributed by atoms with Crippen molar-refractivity contribution in [1.82, 2.24) is 21.0 Å². The molecule has 0 bridgehead atoms. The highest BCUT2D eigenvalue weighted by atomic mass is 35.5. The average Bonchev–Trinajstić information content (AvgIpc) is 3.28. The van der Waals surface area contributed by atoms with Gasteiger partial charge < -0.3 is 15.5 Å². The summed E-state index contributed by atoms with van der Waals surface area (Å²) in [6.07, 6.45) is 5.25. The van der Waals surface area contributed by atoms with E-state index in [2.05, 4.69) is 31.4 Å². The van der Waals surface area contributed by atoms with Crippen LogP contribution in [0.15, 0.2) is 59.7 Å². The molecule has 230 valence electrons.